The van der Waals surface area contributed by atoms with Crippen molar-refractivity contribution in [2.24, 2.45) is 5.92 Å². The third-order valence-corrected chi connectivity index (χ3v) is 14.6. The van der Waals surface area contributed by atoms with Crippen LogP contribution in [-0.2, 0) is 26.5 Å². The molecular formula is C58H51IrN3OSi-2. The molecule has 1 aliphatic carbocycles. The van der Waals surface area contributed by atoms with Crippen molar-refractivity contribution >= 4 is 46.2 Å². The minimum atomic E-state index is -1.36. The average molecular weight is 1030 g/mol. The summed E-state index contributed by atoms with van der Waals surface area (Å²) in [6.45, 7) is 7.30. The Bertz CT molecular complexity index is 3160. The zero-order valence-corrected chi connectivity index (χ0v) is 40.0. The van der Waals surface area contributed by atoms with Crippen molar-refractivity contribution in [2.75, 3.05) is 0 Å². The molecule has 3 aromatic heterocycles. The van der Waals surface area contributed by atoms with Gasteiger partial charge in [-0.05, 0) is 64.2 Å². The Kier molecular flexibility index (Phi) is 12.7. The van der Waals surface area contributed by atoms with E-state index in [1.807, 2.05) is 48.5 Å². The second kappa shape index (κ2) is 18.9. The van der Waals surface area contributed by atoms with Gasteiger partial charge in [-0.25, -0.2) is 0 Å². The minimum absolute atomic E-state index is 0. The number of hydrogen-bond acceptors (Lipinski definition) is 3. The van der Waals surface area contributed by atoms with Crippen molar-refractivity contribution < 1.29 is 24.5 Å². The largest absolute Gasteiger partial charge is 0.501 e. The molecule has 10 aromatic rings. The molecule has 7 aromatic carbocycles. The van der Waals surface area contributed by atoms with Crippen LogP contribution in [0.1, 0.15) is 37.7 Å². The Balaban J connectivity index is 0.000000185. The van der Waals surface area contributed by atoms with Crippen LogP contribution in [0.3, 0.4) is 0 Å². The zero-order chi connectivity index (χ0) is 42.8. The van der Waals surface area contributed by atoms with E-state index in [0.29, 0.717) is 0 Å². The topological polar surface area (TPSA) is 43.9 Å². The molecular weight excluding hydrogens is 975 g/mol. The van der Waals surface area contributed by atoms with Gasteiger partial charge in [-0.3, -0.25) is 4.98 Å². The molecule has 6 heteroatoms. The Morgan fingerprint density at radius 2 is 1.38 bits per heavy atom. The van der Waals surface area contributed by atoms with Crippen LogP contribution in [0.15, 0.2) is 180 Å². The van der Waals surface area contributed by atoms with Crippen LogP contribution in [0.25, 0.3) is 83.6 Å². The summed E-state index contributed by atoms with van der Waals surface area (Å²) in [5, 5.41) is 3.69. The quantitative estimate of drug-likeness (QED) is 0.113. The van der Waals surface area contributed by atoms with E-state index < -0.39 is 8.07 Å². The van der Waals surface area contributed by atoms with E-state index in [9.17, 15) is 0 Å². The maximum atomic E-state index is 6.45. The molecule has 0 aliphatic heterocycles. The first-order valence-corrected chi connectivity index (χ1v) is 25.9. The maximum Gasteiger partial charge on any atom is 0.120 e. The number of benzene rings is 7. The van der Waals surface area contributed by atoms with Gasteiger partial charge in [0.25, 0.3) is 0 Å². The third-order valence-electron chi connectivity index (χ3n) is 12.6. The van der Waals surface area contributed by atoms with Gasteiger partial charge in [-0.15, -0.1) is 54.1 Å². The van der Waals surface area contributed by atoms with E-state index in [0.717, 1.165) is 83.9 Å². The molecule has 3 heterocycles. The number of imidazole rings is 1. The van der Waals surface area contributed by atoms with Crippen LogP contribution in [-0.4, -0.2) is 22.6 Å². The molecule has 0 N–H and O–H groups in total. The van der Waals surface area contributed by atoms with Gasteiger partial charge < -0.3 is 14.0 Å². The monoisotopic (exact) mass is 1030 g/mol. The van der Waals surface area contributed by atoms with Crippen molar-refractivity contribution in [1.82, 2.24) is 14.5 Å². The first kappa shape index (κ1) is 43.1. The van der Waals surface area contributed by atoms with Gasteiger partial charge in [-0.1, -0.05) is 177 Å². The van der Waals surface area contributed by atoms with Crippen molar-refractivity contribution in [3.63, 3.8) is 0 Å². The second-order valence-electron chi connectivity index (χ2n) is 17.9. The summed E-state index contributed by atoms with van der Waals surface area (Å²) >= 11 is 0. The van der Waals surface area contributed by atoms with Gasteiger partial charge in [0.15, 0.2) is 0 Å². The van der Waals surface area contributed by atoms with Gasteiger partial charge in [0.05, 0.1) is 30.5 Å². The standard InChI is InChI=1S/C37H23N2O.C21H28NSi.Ir/c1-3-12-25(13-4-1)27-22-23-28(26-14-5-2-6-15-26)34(24-27)39-33-20-9-8-19-32(33)38-37(39)31-18-11-17-30-29-16-7-10-21-35(29)40-36(30)31;1-23(2,3)21-16-22-20(18-12-8-5-9-13-18)15-19(21)14-17-10-6-4-7-11-17;/h1-17,19-24H;5,8-9,12,15-17H,4,6-7,10-11,14H2,1-3H3;/q2*-1;. The summed E-state index contributed by atoms with van der Waals surface area (Å²) in [5.74, 6) is 1.67. The van der Waals surface area contributed by atoms with E-state index in [-0.39, 0.29) is 20.1 Å². The summed E-state index contributed by atoms with van der Waals surface area (Å²) in [5.41, 5.74) is 13.8. The normalized spacial score (nSPS) is 13.1. The average Bonchev–Trinajstić information content (AvgIpc) is 3.91. The number of hydrogen-bond donors (Lipinski definition) is 0. The minimum Gasteiger partial charge on any atom is -0.501 e. The number of rotatable bonds is 8. The second-order valence-corrected chi connectivity index (χ2v) is 22.9. The van der Waals surface area contributed by atoms with Crippen LogP contribution in [0.2, 0.25) is 19.6 Å². The summed E-state index contributed by atoms with van der Waals surface area (Å²) in [6.07, 6.45) is 10.5. The number of para-hydroxylation sites is 3. The van der Waals surface area contributed by atoms with Gasteiger partial charge >= 0.3 is 0 Å². The molecule has 1 fully saturated rings. The van der Waals surface area contributed by atoms with Gasteiger partial charge in [0.1, 0.15) is 5.58 Å². The Hall–Kier alpha value is -6.17. The number of fused-ring (bicyclic) bond motifs is 4. The summed E-state index contributed by atoms with van der Waals surface area (Å²) in [4.78, 5) is 9.96. The van der Waals surface area contributed by atoms with Crippen molar-refractivity contribution in [2.45, 2.75) is 58.2 Å². The predicted molar refractivity (Wildman–Crippen MR) is 265 cm³/mol. The fraction of sp³-hybridized carbons (Fsp3) is 0.172. The van der Waals surface area contributed by atoms with Crippen LogP contribution in [0.4, 0.5) is 0 Å². The first-order chi connectivity index (χ1) is 30.9. The Morgan fingerprint density at radius 3 is 2.14 bits per heavy atom. The van der Waals surface area contributed by atoms with Crippen molar-refractivity contribution in [3.8, 4) is 50.6 Å². The molecule has 4 nitrogen and oxygen atoms in total. The van der Waals surface area contributed by atoms with Gasteiger partial charge in [-0.2, -0.15) is 0 Å². The first-order valence-electron chi connectivity index (χ1n) is 22.4. The Labute approximate surface area is 391 Å². The van der Waals surface area contributed by atoms with Gasteiger partial charge in [0.2, 0.25) is 0 Å². The summed E-state index contributed by atoms with van der Waals surface area (Å²) in [7, 11) is -1.36. The number of nitrogens with zero attached hydrogens (tertiary/aromatic N) is 3. The molecule has 0 atom stereocenters. The number of furan rings is 1. The van der Waals surface area contributed by atoms with Crippen molar-refractivity contribution in [1.29, 1.82) is 0 Å². The Morgan fingerprint density at radius 1 is 0.656 bits per heavy atom. The molecule has 64 heavy (non-hydrogen) atoms. The molecule has 0 bridgehead atoms. The summed E-state index contributed by atoms with van der Waals surface area (Å²) < 4.78 is 8.71. The fourth-order valence-corrected chi connectivity index (χ4v) is 11.0. The van der Waals surface area contributed by atoms with E-state index >= 15 is 0 Å². The van der Waals surface area contributed by atoms with Gasteiger partial charge in [0, 0.05) is 42.9 Å². The third kappa shape index (κ3) is 8.83. The van der Waals surface area contributed by atoms with E-state index in [4.69, 9.17) is 14.4 Å². The molecule has 319 valence electrons. The SMILES string of the molecule is C[Si](C)(C)c1cnc(-c2[c-]cccc2)cc1CC1CCCCC1.[Ir].[c-]1ccc2c(oc3ccccc32)c1-c1nc2ccccc2n1-c1cc(-c2ccccc2)ccc1-c1ccccc1. The van der Waals surface area contributed by atoms with Crippen LogP contribution >= 0.6 is 0 Å². The smallest absolute Gasteiger partial charge is 0.120 e. The van der Waals surface area contributed by atoms with Crippen LogP contribution < -0.4 is 5.19 Å². The van der Waals surface area contributed by atoms with Crippen LogP contribution in [0.5, 0.6) is 0 Å². The zero-order valence-electron chi connectivity index (χ0n) is 36.6. The number of aromatic nitrogens is 3. The molecule has 11 rings (SSSR count). The molecule has 0 unspecified atom stereocenters. The molecule has 1 saturated carbocycles. The summed E-state index contributed by atoms with van der Waals surface area (Å²) in [6, 6.07) is 65.6. The van der Waals surface area contributed by atoms with E-state index in [1.54, 1.807) is 10.8 Å². The van der Waals surface area contributed by atoms with E-state index in [1.165, 1.54) is 44.1 Å². The van der Waals surface area contributed by atoms with Crippen molar-refractivity contribution in [3.05, 3.63) is 194 Å². The number of pyridine rings is 1. The maximum absolute atomic E-state index is 6.45. The molecule has 1 aliphatic rings. The molecule has 1 radical (unpaired) electrons. The molecule has 0 amide bonds. The fourth-order valence-electron chi connectivity index (χ4n) is 9.43. The molecule has 0 spiro atoms. The van der Waals surface area contributed by atoms with E-state index in [2.05, 4.69) is 164 Å². The predicted octanol–water partition coefficient (Wildman–Crippen LogP) is 14.9. The van der Waals surface area contributed by atoms with Crippen LogP contribution in [0, 0.1) is 18.1 Å². The molecule has 0 saturated heterocycles.